The van der Waals surface area contributed by atoms with Gasteiger partial charge in [0.15, 0.2) is 0 Å². The predicted molar refractivity (Wildman–Crippen MR) is 123 cm³/mol. The minimum absolute atomic E-state index is 0.330. The number of para-hydroxylation sites is 2. The van der Waals surface area contributed by atoms with Crippen LogP contribution in [0.15, 0.2) is 48.5 Å². The molecule has 0 spiro atoms. The molecule has 1 unspecified atom stereocenters. The summed E-state index contributed by atoms with van der Waals surface area (Å²) in [6.07, 6.45) is 0.722. The minimum atomic E-state index is -1.39. The van der Waals surface area contributed by atoms with Gasteiger partial charge in [0, 0.05) is 19.8 Å². The first-order chi connectivity index (χ1) is 16.3. The number of imidazole rings is 1. The number of nitrogens with zero attached hydrogens (tertiary/aromatic N) is 3. The lowest BCUT2D eigenvalue weighted by Crippen LogP contribution is -2.42. The molecule has 178 valence electrons. The first-order valence-electron chi connectivity index (χ1n) is 11.1. The van der Waals surface area contributed by atoms with E-state index in [1.807, 2.05) is 35.8 Å². The number of urea groups is 1. The lowest BCUT2D eigenvalue weighted by molar-refractivity contribution is -0.133. The van der Waals surface area contributed by atoms with Gasteiger partial charge in [-0.1, -0.05) is 24.3 Å². The van der Waals surface area contributed by atoms with Gasteiger partial charge in [-0.2, -0.15) is 0 Å². The first kappa shape index (κ1) is 23.4. The summed E-state index contributed by atoms with van der Waals surface area (Å²) in [4.78, 5) is 43.8. The molecule has 2 N–H and O–H groups in total. The van der Waals surface area contributed by atoms with Gasteiger partial charge in [0.2, 0.25) is 11.9 Å². The summed E-state index contributed by atoms with van der Waals surface area (Å²) in [5.74, 6) is -1.28. The average Bonchev–Trinajstić information content (AvgIpc) is 3.26. The SMILES string of the molecule is CCOCCCn1c(NC(=O)CN2C(=O)NC(C)(c3ccc(F)cc3)C2=O)nc2ccccc21. The number of aromatic nitrogens is 2. The van der Waals surface area contributed by atoms with Crippen molar-refractivity contribution in [3.63, 3.8) is 0 Å². The van der Waals surface area contributed by atoms with Gasteiger partial charge in [-0.05, 0) is 50.1 Å². The van der Waals surface area contributed by atoms with E-state index in [1.54, 1.807) is 0 Å². The Labute approximate surface area is 195 Å². The highest BCUT2D eigenvalue weighted by Crippen LogP contribution is 2.29. The van der Waals surface area contributed by atoms with Crippen molar-refractivity contribution in [1.82, 2.24) is 19.8 Å². The van der Waals surface area contributed by atoms with Gasteiger partial charge >= 0.3 is 6.03 Å². The number of carbonyl (C=O) groups excluding carboxylic acids is 3. The van der Waals surface area contributed by atoms with Crippen molar-refractivity contribution < 1.29 is 23.5 Å². The van der Waals surface area contributed by atoms with Crippen LogP contribution in [0.3, 0.4) is 0 Å². The Kier molecular flexibility index (Phi) is 6.60. The van der Waals surface area contributed by atoms with Crippen molar-refractivity contribution >= 4 is 34.8 Å². The maximum Gasteiger partial charge on any atom is 0.325 e. The molecule has 1 aliphatic heterocycles. The molecule has 0 saturated carbocycles. The number of hydrogen-bond donors (Lipinski definition) is 2. The van der Waals surface area contributed by atoms with Gasteiger partial charge in [-0.3, -0.25) is 19.8 Å². The van der Waals surface area contributed by atoms with Crippen LogP contribution in [0.1, 0.15) is 25.8 Å². The number of hydrogen-bond acceptors (Lipinski definition) is 5. The van der Waals surface area contributed by atoms with Crippen LogP contribution >= 0.6 is 0 Å². The third-order valence-corrected chi connectivity index (χ3v) is 5.78. The van der Waals surface area contributed by atoms with Crippen LogP contribution in [0.4, 0.5) is 15.1 Å². The Morgan fingerprint density at radius 3 is 2.65 bits per heavy atom. The van der Waals surface area contributed by atoms with E-state index in [-0.39, 0.29) is 0 Å². The van der Waals surface area contributed by atoms with Gasteiger partial charge in [0.05, 0.1) is 11.0 Å². The number of aryl methyl sites for hydroxylation is 1. The Balaban J connectivity index is 1.50. The molecule has 10 heteroatoms. The number of ether oxygens (including phenoxy) is 1. The maximum absolute atomic E-state index is 13.3. The van der Waals surface area contributed by atoms with Crippen LogP contribution in [-0.4, -0.2) is 52.1 Å². The predicted octanol–water partition coefficient (Wildman–Crippen LogP) is 3.01. The van der Waals surface area contributed by atoms with E-state index in [9.17, 15) is 18.8 Å². The van der Waals surface area contributed by atoms with Crippen molar-refractivity contribution in [2.75, 3.05) is 25.1 Å². The number of rotatable bonds is 9. The second-order valence-corrected chi connectivity index (χ2v) is 8.13. The molecule has 0 radical (unpaired) electrons. The summed E-state index contributed by atoms with van der Waals surface area (Å²) in [5.41, 5.74) is 0.602. The summed E-state index contributed by atoms with van der Waals surface area (Å²) < 4.78 is 20.6. The topological polar surface area (TPSA) is 106 Å². The van der Waals surface area contributed by atoms with Crippen LogP contribution in [0.2, 0.25) is 0 Å². The largest absolute Gasteiger partial charge is 0.382 e. The molecule has 1 aliphatic rings. The lowest BCUT2D eigenvalue weighted by atomic mass is 9.92. The highest BCUT2D eigenvalue weighted by Gasteiger charge is 2.49. The third-order valence-electron chi connectivity index (χ3n) is 5.78. The van der Waals surface area contributed by atoms with E-state index in [2.05, 4.69) is 15.6 Å². The number of amides is 4. The van der Waals surface area contributed by atoms with E-state index >= 15 is 0 Å². The Morgan fingerprint density at radius 2 is 1.91 bits per heavy atom. The Hall–Kier alpha value is -3.79. The molecule has 0 aliphatic carbocycles. The lowest BCUT2D eigenvalue weighted by Gasteiger charge is -2.22. The van der Waals surface area contributed by atoms with Gasteiger partial charge < -0.3 is 14.6 Å². The van der Waals surface area contributed by atoms with Gasteiger partial charge in [0.1, 0.15) is 17.9 Å². The van der Waals surface area contributed by atoms with Crippen molar-refractivity contribution in [1.29, 1.82) is 0 Å². The molecule has 1 saturated heterocycles. The summed E-state index contributed by atoms with van der Waals surface area (Å²) in [7, 11) is 0. The molecular weight excluding hydrogens is 441 g/mol. The fourth-order valence-electron chi connectivity index (χ4n) is 3.99. The molecule has 4 rings (SSSR count). The van der Waals surface area contributed by atoms with Crippen LogP contribution in [0.25, 0.3) is 11.0 Å². The number of anilines is 1. The van der Waals surface area contributed by atoms with E-state index in [0.717, 1.165) is 16.8 Å². The van der Waals surface area contributed by atoms with E-state index in [1.165, 1.54) is 31.2 Å². The van der Waals surface area contributed by atoms with Gasteiger partial charge in [0.25, 0.3) is 5.91 Å². The summed E-state index contributed by atoms with van der Waals surface area (Å²) in [6, 6.07) is 12.1. The second-order valence-electron chi connectivity index (χ2n) is 8.13. The number of fused-ring (bicyclic) bond motifs is 1. The number of nitrogens with one attached hydrogen (secondary N) is 2. The first-order valence-corrected chi connectivity index (χ1v) is 11.1. The van der Waals surface area contributed by atoms with Crippen molar-refractivity contribution in [2.24, 2.45) is 0 Å². The number of carbonyl (C=O) groups is 3. The van der Waals surface area contributed by atoms with Crippen molar-refractivity contribution in [3.8, 4) is 0 Å². The number of imide groups is 1. The Bertz CT molecular complexity index is 1230. The molecule has 1 fully saturated rings. The van der Waals surface area contributed by atoms with E-state index in [4.69, 9.17) is 4.74 Å². The van der Waals surface area contributed by atoms with Crippen LogP contribution in [0.5, 0.6) is 0 Å². The second kappa shape index (κ2) is 9.60. The molecule has 2 heterocycles. The molecule has 1 atom stereocenters. The maximum atomic E-state index is 13.3. The third kappa shape index (κ3) is 4.49. The zero-order valence-corrected chi connectivity index (χ0v) is 19.0. The molecular formula is C24H26FN5O4. The van der Waals surface area contributed by atoms with Crippen molar-refractivity contribution in [2.45, 2.75) is 32.4 Å². The summed E-state index contributed by atoms with van der Waals surface area (Å²) in [6.45, 7) is 4.73. The molecule has 0 bridgehead atoms. The smallest absolute Gasteiger partial charge is 0.325 e. The monoisotopic (exact) mass is 467 g/mol. The normalized spacial score (nSPS) is 17.9. The summed E-state index contributed by atoms with van der Waals surface area (Å²) in [5, 5.41) is 5.34. The molecule has 34 heavy (non-hydrogen) atoms. The minimum Gasteiger partial charge on any atom is -0.382 e. The molecule has 4 amide bonds. The zero-order chi connectivity index (χ0) is 24.3. The van der Waals surface area contributed by atoms with Crippen LogP contribution in [0, 0.1) is 5.82 Å². The molecule has 3 aromatic rings. The summed E-state index contributed by atoms with van der Waals surface area (Å²) >= 11 is 0. The standard InChI is InChI=1S/C24H26FN5O4/c1-3-34-14-6-13-29-19-8-5-4-7-18(19)26-22(29)27-20(31)15-30-21(32)24(2,28-23(30)33)16-9-11-17(25)12-10-16/h4-5,7-12H,3,6,13-15H2,1-2H3,(H,28,33)(H,26,27,31). The van der Waals surface area contributed by atoms with Gasteiger partial charge in [-0.15, -0.1) is 0 Å². The number of benzene rings is 2. The van der Waals surface area contributed by atoms with E-state index < -0.39 is 35.7 Å². The highest BCUT2D eigenvalue weighted by atomic mass is 19.1. The molecule has 1 aromatic heterocycles. The van der Waals surface area contributed by atoms with Gasteiger partial charge in [-0.25, -0.2) is 14.2 Å². The zero-order valence-electron chi connectivity index (χ0n) is 19.0. The molecule has 9 nitrogen and oxygen atoms in total. The van der Waals surface area contributed by atoms with Crippen molar-refractivity contribution in [3.05, 3.63) is 59.9 Å². The number of halogens is 1. The fourth-order valence-corrected chi connectivity index (χ4v) is 3.99. The molecule has 2 aromatic carbocycles. The highest BCUT2D eigenvalue weighted by molar-refractivity contribution is 6.10. The Morgan fingerprint density at radius 1 is 1.18 bits per heavy atom. The van der Waals surface area contributed by atoms with E-state index in [0.29, 0.717) is 36.8 Å². The average molecular weight is 468 g/mol. The fraction of sp³-hybridized carbons (Fsp3) is 0.333. The van der Waals surface area contributed by atoms with Crippen LogP contribution in [-0.2, 0) is 26.4 Å². The quantitative estimate of drug-likeness (QED) is 0.372. The van der Waals surface area contributed by atoms with Crippen LogP contribution < -0.4 is 10.6 Å².